The Labute approximate surface area is 158 Å². The first-order chi connectivity index (χ1) is 13.1. The van der Waals surface area contributed by atoms with Crippen molar-refractivity contribution in [1.29, 1.82) is 0 Å². The molecule has 0 aliphatic rings. The van der Waals surface area contributed by atoms with Crippen LogP contribution >= 0.6 is 0 Å². The monoisotopic (exact) mass is 372 g/mol. The molecule has 0 saturated heterocycles. The number of hydrogen-bond acceptors (Lipinski definition) is 3. The molecule has 2 rings (SSSR count). The van der Waals surface area contributed by atoms with Crippen molar-refractivity contribution < 1.29 is 13.9 Å². The van der Waals surface area contributed by atoms with Gasteiger partial charge in [0.25, 0.3) is 0 Å². The Bertz CT molecular complexity index is 753. The summed E-state index contributed by atoms with van der Waals surface area (Å²) in [5.41, 5.74) is 0.729. The van der Waals surface area contributed by atoms with Crippen molar-refractivity contribution in [3.8, 4) is 5.75 Å². The average molecular weight is 372 g/mol. The minimum absolute atomic E-state index is 0.0106. The topological polar surface area (TPSA) is 74.8 Å². The first-order valence-electron chi connectivity index (χ1n) is 8.86. The molecule has 0 spiro atoms. The molecule has 1 atom stereocenters. The van der Waals surface area contributed by atoms with Crippen LogP contribution in [0.15, 0.2) is 59.6 Å². The highest BCUT2D eigenvalue weighted by atomic mass is 19.1. The smallest absolute Gasteiger partial charge is 0.246 e. The Hall–Kier alpha value is -3.09. The van der Waals surface area contributed by atoms with Crippen LogP contribution in [-0.4, -0.2) is 37.6 Å². The van der Waals surface area contributed by atoms with Crippen LogP contribution < -0.4 is 20.7 Å². The van der Waals surface area contributed by atoms with Gasteiger partial charge >= 0.3 is 0 Å². The van der Waals surface area contributed by atoms with E-state index in [0.29, 0.717) is 24.8 Å². The number of ether oxygens (including phenoxy) is 1. The van der Waals surface area contributed by atoms with E-state index in [2.05, 4.69) is 20.9 Å². The normalized spacial score (nSPS) is 12.2. The lowest BCUT2D eigenvalue weighted by molar-refractivity contribution is -0.114. The van der Waals surface area contributed by atoms with Crippen LogP contribution in [-0.2, 0) is 4.79 Å². The number of amides is 1. The number of para-hydroxylation sites is 1. The highest BCUT2D eigenvalue weighted by Gasteiger charge is 2.07. The summed E-state index contributed by atoms with van der Waals surface area (Å²) in [5, 5.41) is 8.97. The number of benzene rings is 2. The number of nitrogens with zero attached hydrogens (tertiary/aromatic N) is 1. The predicted octanol–water partition coefficient (Wildman–Crippen LogP) is 2.79. The fraction of sp³-hybridized carbons (Fsp3) is 0.300. The summed E-state index contributed by atoms with van der Waals surface area (Å²) in [7, 11) is 0. The van der Waals surface area contributed by atoms with Gasteiger partial charge < -0.3 is 20.7 Å². The number of hydrogen-bond donors (Lipinski definition) is 3. The number of aliphatic imine (C=N–C) groups is 1. The third-order valence-electron chi connectivity index (χ3n) is 3.47. The molecular formula is C20H25FN4O2. The minimum atomic E-state index is -0.341. The molecule has 2 aromatic rings. The maximum absolute atomic E-state index is 13.2. The van der Waals surface area contributed by atoms with Gasteiger partial charge in [-0.1, -0.05) is 24.3 Å². The predicted molar refractivity (Wildman–Crippen MR) is 106 cm³/mol. The highest BCUT2D eigenvalue weighted by Crippen LogP contribution is 2.13. The molecule has 0 aliphatic heterocycles. The fourth-order valence-electron chi connectivity index (χ4n) is 2.27. The Morgan fingerprint density at radius 3 is 2.63 bits per heavy atom. The Morgan fingerprint density at radius 2 is 1.93 bits per heavy atom. The van der Waals surface area contributed by atoms with Gasteiger partial charge in [-0.25, -0.2) is 9.38 Å². The van der Waals surface area contributed by atoms with Crippen LogP contribution in [0.25, 0.3) is 0 Å². The minimum Gasteiger partial charge on any atom is -0.489 e. The molecule has 144 valence electrons. The van der Waals surface area contributed by atoms with Crippen LogP contribution in [0, 0.1) is 5.82 Å². The number of nitrogens with one attached hydrogen (secondary N) is 3. The van der Waals surface area contributed by atoms with Gasteiger partial charge in [-0.05, 0) is 38.1 Å². The third kappa shape index (κ3) is 7.77. The van der Waals surface area contributed by atoms with Gasteiger partial charge in [0.15, 0.2) is 5.96 Å². The van der Waals surface area contributed by atoms with E-state index in [-0.39, 0.29) is 24.4 Å². The van der Waals surface area contributed by atoms with Crippen molar-refractivity contribution in [3.63, 3.8) is 0 Å². The number of rotatable bonds is 8. The van der Waals surface area contributed by atoms with Crippen LogP contribution in [0.4, 0.5) is 10.1 Å². The Balaban J connectivity index is 1.82. The summed E-state index contributed by atoms with van der Waals surface area (Å²) in [5.74, 6) is 0.429. The second-order valence-corrected chi connectivity index (χ2v) is 5.88. The fourth-order valence-corrected chi connectivity index (χ4v) is 2.27. The summed E-state index contributed by atoms with van der Waals surface area (Å²) in [6.07, 6.45) is -0.214. The van der Waals surface area contributed by atoms with E-state index in [1.807, 2.05) is 44.2 Å². The van der Waals surface area contributed by atoms with E-state index < -0.39 is 0 Å². The van der Waals surface area contributed by atoms with E-state index in [0.717, 1.165) is 5.69 Å². The number of carbonyl (C=O) groups is 1. The molecule has 6 nitrogen and oxygen atoms in total. The van der Waals surface area contributed by atoms with Crippen molar-refractivity contribution in [3.05, 3.63) is 60.4 Å². The van der Waals surface area contributed by atoms with Crippen LogP contribution in [0.2, 0.25) is 0 Å². The van der Waals surface area contributed by atoms with E-state index in [4.69, 9.17) is 4.74 Å². The highest BCUT2D eigenvalue weighted by molar-refractivity contribution is 5.94. The van der Waals surface area contributed by atoms with Crippen LogP contribution in [0.3, 0.4) is 0 Å². The lowest BCUT2D eigenvalue weighted by Crippen LogP contribution is -2.42. The SMILES string of the molecule is CCNC(=NCC(=O)Nc1ccccc1)NCC(C)Oc1cccc(F)c1. The third-order valence-corrected chi connectivity index (χ3v) is 3.47. The van der Waals surface area contributed by atoms with Crippen molar-refractivity contribution >= 4 is 17.6 Å². The molecule has 1 unspecified atom stereocenters. The molecule has 7 heteroatoms. The van der Waals surface area contributed by atoms with Crippen LogP contribution in [0.1, 0.15) is 13.8 Å². The largest absolute Gasteiger partial charge is 0.489 e. The Kier molecular flexibility index (Phi) is 8.09. The second kappa shape index (κ2) is 10.8. The average Bonchev–Trinajstić information content (AvgIpc) is 2.65. The summed E-state index contributed by atoms with van der Waals surface area (Å²) in [6, 6.07) is 15.2. The molecule has 0 fully saturated rings. The molecule has 0 aliphatic carbocycles. The van der Waals surface area contributed by atoms with Gasteiger partial charge in [0.1, 0.15) is 24.2 Å². The lowest BCUT2D eigenvalue weighted by Gasteiger charge is -2.17. The van der Waals surface area contributed by atoms with Crippen molar-refractivity contribution in [2.24, 2.45) is 4.99 Å². The first-order valence-corrected chi connectivity index (χ1v) is 8.86. The molecule has 0 heterocycles. The first kappa shape index (κ1) is 20.2. The van der Waals surface area contributed by atoms with E-state index >= 15 is 0 Å². The van der Waals surface area contributed by atoms with Crippen molar-refractivity contribution in [1.82, 2.24) is 10.6 Å². The Morgan fingerprint density at radius 1 is 1.15 bits per heavy atom. The summed E-state index contributed by atoms with van der Waals surface area (Å²) >= 11 is 0. The van der Waals surface area contributed by atoms with Gasteiger partial charge in [0.05, 0.1) is 6.54 Å². The molecule has 1 amide bonds. The van der Waals surface area contributed by atoms with E-state index in [1.165, 1.54) is 12.1 Å². The molecular weight excluding hydrogens is 347 g/mol. The second-order valence-electron chi connectivity index (χ2n) is 5.88. The van der Waals surface area contributed by atoms with Gasteiger partial charge in [-0.15, -0.1) is 0 Å². The van der Waals surface area contributed by atoms with Gasteiger partial charge in [0.2, 0.25) is 5.91 Å². The molecule has 3 N–H and O–H groups in total. The zero-order valence-electron chi connectivity index (χ0n) is 15.5. The summed E-state index contributed by atoms with van der Waals surface area (Å²) in [4.78, 5) is 16.3. The zero-order valence-corrected chi connectivity index (χ0v) is 15.5. The molecule has 27 heavy (non-hydrogen) atoms. The van der Waals surface area contributed by atoms with Gasteiger partial charge in [-0.2, -0.15) is 0 Å². The van der Waals surface area contributed by atoms with E-state index in [9.17, 15) is 9.18 Å². The van der Waals surface area contributed by atoms with Crippen molar-refractivity contribution in [2.75, 3.05) is 25.0 Å². The van der Waals surface area contributed by atoms with Gasteiger partial charge in [-0.3, -0.25) is 4.79 Å². The quantitative estimate of drug-likeness (QED) is 0.492. The lowest BCUT2D eigenvalue weighted by atomic mass is 10.3. The maximum atomic E-state index is 13.2. The zero-order chi connectivity index (χ0) is 19.5. The van der Waals surface area contributed by atoms with Crippen LogP contribution in [0.5, 0.6) is 5.75 Å². The molecule has 0 aromatic heterocycles. The molecule has 2 aromatic carbocycles. The van der Waals surface area contributed by atoms with E-state index in [1.54, 1.807) is 12.1 Å². The number of halogens is 1. The molecule has 0 radical (unpaired) electrons. The number of carbonyl (C=O) groups excluding carboxylic acids is 1. The maximum Gasteiger partial charge on any atom is 0.246 e. The standard InChI is InChI=1S/C20H25FN4O2/c1-3-22-20(24-14-19(26)25-17-9-5-4-6-10-17)23-13-15(2)27-18-11-7-8-16(21)12-18/h4-12,15H,3,13-14H2,1-2H3,(H,25,26)(H2,22,23,24). The number of anilines is 1. The molecule has 0 bridgehead atoms. The van der Waals surface area contributed by atoms with Crippen molar-refractivity contribution in [2.45, 2.75) is 20.0 Å². The summed E-state index contributed by atoms with van der Waals surface area (Å²) < 4.78 is 18.9. The summed E-state index contributed by atoms with van der Waals surface area (Å²) in [6.45, 7) is 4.90. The number of guanidine groups is 1. The van der Waals surface area contributed by atoms with Gasteiger partial charge in [0, 0.05) is 18.3 Å². The molecule has 0 saturated carbocycles.